The second kappa shape index (κ2) is 6.13. The van der Waals surface area contributed by atoms with Crippen molar-refractivity contribution in [2.75, 3.05) is 7.11 Å². The molecule has 0 fully saturated rings. The molecule has 0 aliphatic rings. The maximum absolute atomic E-state index is 5.89. The summed E-state index contributed by atoms with van der Waals surface area (Å²) < 4.78 is 11.2. The Kier molecular flexibility index (Phi) is 3.87. The Morgan fingerprint density at radius 2 is 1.86 bits per heavy atom. The Morgan fingerprint density at radius 1 is 1.00 bits per heavy atom. The molecule has 4 heteroatoms. The van der Waals surface area contributed by atoms with Crippen molar-refractivity contribution in [3.05, 3.63) is 66.4 Å². The summed E-state index contributed by atoms with van der Waals surface area (Å²) in [6.45, 7) is 0.501. The number of ether oxygens (including phenoxy) is 2. The Labute approximate surface area is 123 Å². The number of aromatic nitrogens is 2. The van der Waals surface area contributed by atoms with Gasteiger partial charge in [-0.05, 0) is 29.8 Å². The van der Waals surface area contributed by atoms with Gasteiger partial charge in [-0.1, -0.05) is 30.3 Å². The molecule has 1 aromatic heterocycles. The van der Waals surface area contributed by atoms with E-state index >= 15 is 0 Å². The van der Waals surface area contributed by atoms with E-state index in [0.717, 1.165) is 16.8 Å². The van der Waals surface area contributed by atoms with Crippen LogP contribution in [0.4, 0.5) is 0 Å². The summed E-state index contributed by atoms with van der Waals surface area (Å²) in [7, 11) is 1.64. The number of benzene rings is 2. The Bertz CT molecular complexity index is 694. The molecule has 0 bridgehead atoms. The lowest BCUT2D eigenvalue weighted by Gasteiger charge is -2.12. The van der Waals surface area contributed by atoms with E-state index in [1.54, 1.807) is 13.3 Å². The molecule has 3 rings (SSSR count). The van der Waals surface area contributed by atoms with E-state index in [0.29, 0.717) is 18.1 Å². The van der Waals surface area contributed by atoms with Gasteiger partial charge in [0.15, 0.2) is 11.5 Å². The molecule has 0 atom stereocenters. The van der Waals surface area contributed by atoms with Crippen LogP contribution in [0.25, 0.3) is 11.3 Å². The SMILES string of the molecule is COc1ccc(-c2cc[nH]n2)cc1OCc1ccccc1. The number of nitrogens with zero attached hydrogens (tertiary/aromatic N) is 1. The van der Waals surface area contributed by atoms with Gasteiger partial charge in [-0.3, -0.25) is 5.10 Å². The number of hydrogen-bond donors (Lipinski definition) is 1. The first-order valence-electron chi connectivity index (χ1n) is 6.72. The van der Waals surface area contributed by atoms with E-state index in [9.17, 15) is 0 Å². The van der Waals surface area contributed by atoms with E-state index in [4.69, 9.17) is 9.47 Å². The molecule has 106 valence electrons. The van der Waals surface area contributed by atoms with E-state index in [1.807, 2.05) is 54.6 Å². The van der Waals surface area contributed by atoms with Gasteiger partial charge in [-0.25, -0.2) is 0 Å². The maximum atomic E-state index is 5.89. The van der Waals surface area contributed by atoms with Crippen molar-refractivity contribution in [1.29, 1.82) is 0 Å². The molecular formula is C17H16N2O2. The van der Waals surface area contributed by atoms with Gasteiger partial charge in [0.25, 0.3) is 0 Å². The van der Waals surface area contributed by atoms with Crippen molar-refractivity contribution in [1.82, 2.24) is 10.2 Å². The Hall–Kier alpha value is -2.75. The smallest absolute Gasteiger partial charge is 0.162 e. The van der Waals surface area contributed by atoms with Crippen LogP contribution in [0, 0.1) is 0 Å². The van der Waals surface area contributed by atoms with Crippen LogP contribution >= 0.6 is 0 Å². The fraction of sp³-hybridized carbons (Fsp3) is 0.118. The highest BCUT2D eigenvalue weighted by molar-refractivity contribution is 5.63. The molecule has 0 saturated heterocycles. The first-order chi connectivity index (χ1) is 10.4. The molecule has 2 aromatic carbocycles. The van der Waals surface area contributed by atoms with Crippen LogP contribution in [0.1, 0.15) is 5.56 Å². The van der Waals surface area contributed by atoms with Gasteiger partial charge in [-0.2, -0.15) is 5.10 Å². The molecule has 0 radical (unpaired) electrons. The number of nitrogens with one attached hydrogen (secondary N) is 1. The minimum atomic E-state index is 0.501. The first kappa shape index (κ1) is 13.2. The molecule has 0 aliphatic heterocycles. The maximum Gasteiger partial charge on any atom is 0.162 e. The number of hydrogen-bond acceptors (Lipinski definition) is 3. The van der Waals surface area contributed by atoms with Crippen molar-refractivity contribution in [3.63, 3.8) is 0 Å². The van der Waals surface area contributed by atoms with Crippen molar-refractivity contribution in [2.45, 2.75) is 6.61 Å². The van der Waals surface area contributed by atoms with Crippen LogP contribution in [-0.4, -0.2) is 17.3 Å². The monoisotopic (exact) mass is 280 g/mol. The molecule has 3 aromatic rings. The molecule has 0 saturated carbocycles. The second-order valence-corrected chi connectivity index (χ2v) is 4.60. The Morgan fingerprint density at radius 3 is 2.57 bits per heavy atom. The van der Waals surface area contributed by atoms with E-state index < -0.39 is 0 Å². The third kappa shape index (κ3) is 3.05. The van der Waals surface area contributed by atoms with Crippen molar-refractivity contribution >= 4 is 0 Å². The van der Waals surface area contributed by atoms with Crippen molar-refractivity contribution in [3.8, 4) is 22.8 Å². The zero-order chi connectivity index (χ0) is 14.5. The molecule has 1 N–H and O–H groups in total. The molecule has 0 amide bonds. The van der Waals surface area contributed by atoms with Crippen LogP contribution in [0.2, 0.25) is 0 Å². The molecule has 0 unspecified atom stereocenters. The number of methoxy groups -OCH3 is 1. The minimum absolute atomic E-state index is 0.501. The van der Waals surface area contributed by atoms with Gasteiger partial charge in [-0.15, -0.1) is 0 Å². The van der Waals surface area contributed by atoms with E-state index in [2.05, 4.69) is 10.2 Å². The zero-order valence-electron chi connectivity index (χ0n) is 11.7. The molecular weight excluding hydrogens is 264 g/mol. The summed E-state index contributed by atoms with van der Waals surface area (Å²) in [6.07, 6.45) is 1.80. The third-order valence-corrected chi connectivity index (χ3v) is 3.20. The topological polar surface area (TPSA) is 47.1 Å². The summed E-state index contributed by atoms with van der Waals surface area (Å²) >= 11 is 0. The minimum Gasteiger partial charge on any atom is -0.493 e. The highest BCUT2D eigenvalue weighted by Crippen LogP contribution is 2.32. The number of rotatable bonds is 5. The molecule has 4 nitrogen and oxygen atoms in total. The van der Waals surface area contributed by atoms with Gasteiger partial charge in [0.05, 0.1) is 12.8 Å². The summed E-state index contributed by atoms with van der Waals surface area (Å²) in [5.41, 5.74) is 2.98. The first-order valence-corrected chi connectivity index (χ1v) is 6.72. The fourth-order valence-corrected chi connectivity index (χ4v) is 2.11. The average Bonchev–Trinajstić information content (AvgIpc) is 3.08. The normalized spacial score (nSPS) is 10.3. The summed E-state index contributed by atoms with van der Waals surface area (Å²) in [6, 6.07) is 17.8. The van der Waals surface area contributed by atoms with Crippen LogP contribution in [-0.2, 0) is 6.61 Å². The fourth-order valence-electron chi connectivity index (χ4n) is 2.11. The predicted octanol–water partition coefficient (Wildman–Crippen LogP) is 3.66. The summed E-state index contributed by atoms with van der Waals surface area (Å²) in [4.78, 5) is 0. The van der Waals surface area contributed by atoms with Gasteiger partial charge in [0.1, 0.15) is 6.61 Å². The van der Waals surface area contributed by atoms with Gasteiger partial charge < -0.3 is 9.47 Å². The van der Waals surface area contributed by atoms with Gasteiger partial charge >= 0.3 is 0 Å². The summed E-state index contributed by atoms with van der Waals surface area (Å²) in [5.74, 6) is 1.42. The van der Waals surface area contributed by atoms with Crippen molar-refractivity contribution < 1.29 is 9.47 Å². The molecule has 0 aliphatic carbocycles. The van der Waals surface area contributed by atoms with Gasteiger partial charge in [0.2, 0.25) is 0 Å². The molecule has 1 heterocycles. The largest absolute Gasteiger partial charge is 0.493 e. The third-order valence-electron chi connectivity index (χ3n) is 3.20. The van der Waals surface area contributed by atoms with E-state index in [-0.39, 0.29) is 0 Å². The standard InChI is InChI=1S/C17H16N2O2/c1-20-16-8-7-14(15-9-10-18-19-15)11-17(16)21-12-13-5-3-2-4-6-13/h2-11H,12H2,1H3,(H,18,19). The van der Waals surface area contributed by atoms with Crippen LogP contribution in [0.5, 0.6) is 11.5 Å². The van der Waals surface area contributed by atoms with Crippen molar-refractivity contribution in [2.24, 2.45) is 0 Å². The van der Waals surface area contributed by atoms with Crippen LogP contribution < -0.4 is 9.47 Å². The van der Waals surface area contributed by atoms with E-state index in [1.165, 1.54) is 0 Å². The molecule has 0 spiro atoms. The summed E-state index contributed by atoms with van der Waals surface area (Å²) in [5, 5.41) is 6.99. The average molecular weight is 280 g/mol. The lowest BCUT2D eigenvalue weighted by Crippen LogP contribution is -1.98. The lowest BCUT2D eigenvalue weighted by molar-refractivity contribution is 0.284. The highest BCUT2D eigenvalue weighted by atomic mass is 16.5. The zero-order valence-corrected chi connectivity index (χ0v) is 11.7. The predicted molar refractivity (Wildman–Crippen MR) is 81.3 cm³/mol. The lowest BCUT2D eigenvalue weighted by atomic mass is 10.1. The second-order valence-electron chi connectivity index (χ2n) is 4.60. The van der Waals surface area contributed by atoms with Crippen LogP contribution in [0.15, 0.2) is 60.8 Å². The quantitative estimate of drug-likeness (QED) is 0.775. The highest BCUT2D eigenvalue weighted by Gasteiger charge is 2.08. The Balaban J connectivity index is 1.84. The van der Waals surface area contributed by atoms with Gasteiger partial charge in [0, 0.05) is 11.8 Å². The number of aromatic amines is 1. The number of H-pyrrole nitrogens is 1. The molecule has 21 heavy (non-hydrogen) atoms. The van der Waals surface area contributed by atoms with Crippen LogP contribution in [0.3, 0.4) is 0 Å².